The summed E-state index contributed by atoms with van der Waals surface area (Å²) in [6.07, 6.45) is 0. The highest BCUT2D eigenvalue weighted by Crippen LogP contribution is 2.23. The van der Waals surface area contributed by atoms with E-state index in [1.54, 1.807) is 0 Å². The minimum absolute atomic E-state index is 0. The number of hydrogen-bond acceptors (Lipinski definition) is 3. The Balaban J connectivity index is 0.00000112. The number of rotatable bonds is 1. The average Bonchev–Trinajstić information content (AvgIpc) is 2.65. The van der Waals surface area contributed by atoms with Gasteiger partial charge >= 0.3 is 0 Å². The van der Waals surface area contributed by atoms with Gasteiger partial charge in [0, 0.05) is 26.2 Å². The summed E-state index contributed by atoms with van der Waals surface area (Å²) in [6.45, 7) is 3.43. The molecule has 3 nitrogen and oxygen atoms in total. The Hall–Kier alpha value is -0.100. The fraction of sp³-hybridized carbons (Fsp3) is 0.444. The minimum Gasteiger partial charge on any atom is -0.335 e. The molecule has 0 unspecified atom stereocenters. The van der Waals surface area contributed by atoms with Crippen LogP contribution in [0.5, 0.6) is 0 Å². The molecule has 1 saturated heterocycles. The van der Waals surface area contributed by atoms with Gasteiger partial charge in [0.25, 0.3) is 5.91 Å². The van der Waals surface area contributed by atoms with Crippen molar-refractivity contribution in [1.29, 1.82) is 0 Å². The second kappa shape index (κ2) is 5.84. The smallest absolute Gasteiger partial charge is 0.264 e. The van der Waals surface area contributed by atoms with Crippen molar-refractivity contribution in [3.8, 4) is 0 Å². The first-order valence-electron chi connectivity index (χ1n) is 4.53. The Morgan fingerprint density at radius 1 is 1.40 bits per heavy atom. The number of nitrogens with zero attached hydrogens (tertiary/aromatic N) is 1. The van der Waals surface area contributed by atoms with Crippen LogP contribution in [0.3, 0.4) is 0 Å². The molecule has 1 aromatic heterocycles. The van der Waals surface area contributed by atoms with Crippen LogP contribution in [0.15, 0.2) is 15.9 Å². The SMILES string of the molecule is Cl.O=C(c1ccc(Br)s1)N1CCNCC1. The lowest BCUT2D eigenvalue weighted by atomic mass is 10.3. The van der Waals surface area contributed by atoms with Gasteiger partial charge in [0.15, 0.2) is 0 Å². The highest BCUT2D eigenvalue weighted by atomic mass is 79.9. The van der Waals surface area contributed by atoms with E-state index in [0.29, 0.717) is 0 Å². The highest BCUT2D eigenvalue weighted by molar-refractivity contribution is 9.11. The van der Waals surface area contributed by atoms with E-state index >= 15 is 0 Å². The maximum Gasteiger partial charge on any atom is 0.264 e. The summed E-state index contributed by atoms with van der Waals surface area (Å²) in [5.74, 6) is 0.155. The maximum atomic E-state index is 11.9. The molecule has 1 amide bonds. The van der Waals surface area contributed by atoms with Gasteiger partial charge in [-0.25, -0.2) is 0 Å². The number of hydrogen-bond donors (Lipinski definition) is 1. The largest absolute Gasteiger partial charge is 0.335 e. The summed E-state index contributed by atoms with van der Waals surface area (Å²) in [6, 6.07) is 3.79. The van der Waals surface area contributed by atoms with Gasteiger partial charge in [-0.3, -0.25) is 4.79 Å². The average molecular weight is 312 g/mol. The number of nitrogens with one attached hydrogen (secondary N) is 1. The molecule has 0 atom stereocenters. The molecule has 1 aliphatic heterocycles. The summed E-state index contributed by atoms with van der Waals surface area (Å²) < 4.78 is 1.01. The first kappa shape index (κ1) is 13.0. The number of piperazine rings is 1. The van der Waals surface area contributed by atoms with E-state index in [9.17, 15) is 4.79 Å². The zero-order valence-corrected chi connectivity index (χ0v) is 11.3. The molecule has 2 heterocycles. The Labute approximate surface area is 107 Å². The molecule has 0 aromatic carbocycles. The van der Waals surface area contributed by atoms with Crippen molar-refractivity contribution >= 4 is 45.6 Å². The zero-order chi connectivity index (χ0) is 9.97. The van der Waals surface area contributed by atoms with Gasteiger partial charge in [-0.05, 0) is 28.1 Å². The Bertz CT molecular complexity index is 339. The number of carbonyl (C=O) groups is 1. The quantitative estimate of drug-likeness (QED) is 0.860. The van der Waals surface area contributed by atoms with Crippen molar-refractivity contribution in [3.05, 3.63) is 20.8 Å². The highest BCUT2D eigenvalue weighted by Gasteiger charge is 2.18. The third kappa shape index (κ3) is 3.17. The molecular formula is C9H12BrClN2OS. The van der Waals surface area contributed by atoms with Crippen LogP contribution in [0.25, 0.3) is 0 Å². The predicted octanol–water partition coefficient (Wildman–Crippen LogP) is 1.98. The molecule has 0 aliphatic carbocycles. The molecule has 1 aliphatic rings. The van der Waals surface area contributed by atoms with E-state index in [2.05, 4.69) is 21.2 Å². The third-order valence-corrected chi connectivity index (χ3v) is 3.80. The number of amides is 1. The summed E-state index contributed by atoms with van der Waals surface area (Å²) in [5.41, 5.74) is 0. The van der Waals surface area contributed by atoms with E-state index in [1.165, 1.54) is 11.3 Å². The first-order valence-corrected chi connectivity index (χ1v) is 6.13. The summed E-state index contributed by atoms with van der Waals surface area (Å²) in [5, 5.41) is 3.23. The van der Waals surface area contributed by atoms with E-state index in [0.717, 1.165) is 34.8 Å². The van der Waals surface area contributed by atoms with Gasteiger partial charge in [-0.15, -0.1) is 23.7 Å². The molecule has 0 saturated carbocycles. The van der Waals surface area contributed by atoms with E-state index in [-0.39, 0.29) is 18.3 Å². The van der Waals surface area contributed by atoms with Crippen LogP contribution in [0.2, 0.25) is 0 Å². The van der Waals surface area contributed by atoms with E-state index in [4.69, 9.17) is 0 Å². The molecular weight excluding hydrogens is 300 g/mol. The van der Waals surface area contributed by atoms with Gasteiger partial charge in [0.2, 0.25) is 0 Å². The number of carbonyl (C=O) groups excluding carboxylic acids is 1. The summed E-state index contributed by atoms with van der Waals surface area (Å²) in [4.78, 5) is 14.6. The van der Waals surface area contributed by atoms with Crippen molar-refractivity contribution in [2.75, 3.05) is 26.2 Å². The first-order chi connectivity index (χ1) is 6.77. The summed E-state index contributed by atoms with van der Waals surface area (Å²) >= 11 is 4.85. The van der Waals surface area contributed by atoms with Gasteiger partial charge in [-0.2, -0.15) is 0 Å². The molecule has 0 radical (unpaired) electrons. The van der Waals surface area contributed by atoms with Crippen molar-refractivity contribution in [1.82, 2.24) is 10.2 Å². The molecule has 6 heteroatoms. The Kier molecular flexibility index (Phi) is 5.05. The molecule has 15 heavy (non-hydrogen) atoms. The van der Waals surface area contributed by atoms with Crippen LogP contribution in [0.1, 0.15) is 9.67 Å². The molecule has 1 fully saturated rings. The molecule has 1 aromatic rings. The van der Waals surface area contributed by atoms with Crippen molar-refractivity contribution in [3.63, 3.8) is 0 Å². The monoisotopic (exact) mass is 310 g/mol. The van der Waals surface area contributed by atoms with Gasteiger partial charge < -0.3 is 10.2 Å². The predicted molar refractivity (Wildman–Crippen MR) is 68.0 cm³/mol. The Morgan fingerprint density at radius 3 is 2.60 bits per heavy atom. The van der Waals surface area contributed by atoms with Crippen LogP contribution in [0, 0.1) is 0 Å². The fourth-order valence-electron chi connectivity index (χ4n) is 1.45. The Morgan fingerprint density at radius 2 is 2.07 bits per heavy atom. The fourth-order valence-corrected chi connectivity index (χ4v) is 2.81. The second-order valence-electron chi connectivity index (χ2n) is 3.15. The van der Waals surface area contributed by atoms with E-state index < -0.39 is 0 Å². The van der Waals surface area contributed by atoms with Gasteiger partial charge in [-0.1, -0.05) is 0 Å². The normalized spacial score (nSPS) is 15.9. The second-order valence-corrected chi connectivity index (χ2v) is 5.61. The van der Waals surface area contributed by atoms with Crippen molar-refractivity contribution in [2.24, 2.45) is 0 Å². The molecule has 2 rings (SSSR count). The molecule has 84 valence electrons. The van der Waals surface area contributed by atoms with Crippen molar-refractivity contribution < 1.29 is 4.79 Å². The minimum atomic E-state index is 0. The van der Waals surface area contributed by atoms with Crippen LogP contribution in [-0.4, -0.2) is 37.0 Å². The number of thiophene rings is 1. The van der Waals surface area contributed by atoms with Crippen LogP contribution >= 0.6 is 39.7 Å². The van der Waals surface area contributed by atoms with Crippen LogP contribution < -0.4 is 5.32 Å². The maximum absolute atomic E-state index is 11.9. The topological polar surface area (TPSA) is 32.3 Å². The number of halogens is 2. The lowest BCUT2D eigenvalue weighted by molar-refractivity contribution is 0.0740. The standard InChI is InChI=1S/C9H11BrN2OS.ClH/c10-8-2-1-7(14-8)9(13)12-5-3-11-4-6-12;/h1-2,11H,3-6H2;1H. The van der Waals surface area contributed by atoms with Gasteiger partial charge in [0.1, 0.15) is 0 Å². The lowest BCUT2D eigenvalue weighted by Gasteiger charge is -2.26. The molecule has 0 bridgehead atoms. The molecule has 1 N–H and O–H groups in total. The van der Waals surface area contributed by atoms with Crippen molar-refractivity contribution in [2.45, 2.75) is 0 Å². The van der Waals surface area contributed by atoms with Crippen LogP contribution in [0.4, 0.5) is 0 Å². The third-order valence-electron chi connectivity index (χ3n) is 2.19. The molecule has 0 spiro atoms. The lowest BCUT2D eigenvalue weighted by Crippen LogP contribution is -2.46. The van der Waals surface area contributed by atoms with Gasteiger partial charge in [0.05, 0.1) is 8.66 Å². The van der Waals surface area contributed by atoms with Crippen LogP contribution in [-0.2, 0) is 0 Å². The summed E-state index contributed by atoms with van der Waals surface area (Å²) in [7, 11) is 0. The van der Waals surface area contributed by atoms with E-state index in [1.807, 2.05) is 17.0 Å². The zero-order valence-electron chi connectivity index (χ0n) is 8.03.